The van der Waals surface area contributed by atoms with E-state index in [1.54, 1.807) is 13.8 Å². The van der Waals surface area contributed by atoms with Crippen LogP contribution in [0.25, 0.3) is 0 Å². The fraction of sp³-hybridized carbons (Fsp3) is 0.333. The lowest BCUT2D eigenvalue weighted by Gasteiger charge is -2.21. The maximum absolute atomic E-state index is 12.9. The first-order valence-electron chi connectivity index (χ1n) is 5.10. The molecule has 3 N–H and O–H groups in total. The molecule has 0 bridgehead atoms. The molecule has 1 rings (SSSR count). The second-order valence-corrected chi connectivity index (χ2v) is 4.40. The van der Waals surface area contributed by atoms with Gasteiger partial charge in [-0.2, -0.15) is 5.26 Å². The van der Waals surface area contributed by atoms with Crippen LogP contribution in [0.5, 0.6) is 0 Å². The second kappa shape index (κ2) is 4.83. The predicted molar refractivity (Wildman–Crippen MR) is 62.6 cm³/mol. The van der Waals surface area contributed by atoms with Crippen molar-refractivity contribution in [2.45, 2.75) is 13.8 Å². The van der Waals surface area contributed by atoms with Gasteiger partial charge in [-0.3, -0.25) is 4.79 Å². The Morgan fingerprint density at radius 1 is 1.59 bits per heavy atom. The van der Waals surface area contributed by atoms with E-state index in [2.05, 4.69) is 5.32 Å². The van der Waals surface area contributed by atoms with Crippen molar-refractivity contribution >= 4 is 11.6 Å². The zero-order valence-electron chi connectivity index (χ0n) is 9.75. The summed E-state index contributed by atoms with van der Waals surface area (Å²) in [6, 6.07) is 5.74. The lowest BCUT2D eigenvalue weighted by atomic mass is 9.92. The van der Waals surface area contributed by atoms with Crippen LogP contribution in [0.4, 0.5) is 10.1 Å². The maximum Gasteiger partial charge on any atom is 0.224 e. The summed E-state index contributed by atoms with van der Waals surface area (Å²) in [6.07, 6.45) is 0. The van der Waals surface area contributed by atoms with Crippen LogP contribution in [0.2, 0.25) is 0 Å². The molecule has 0 aliphatic carbocycles. The fourth-order valence-electron chi connectivity index (χ4n) is 1.17. The van der Waals surface area contributed by atoms with E-state index in [-0.39, 0.29) is 12.1 Å². The minimum atomic E-state index is -0.735. The van der Waals surface area contributed by atoms with Crippen LogP contribution in [0.1, 0.15) is 19.4 Å². The molecule has 1 aromatic rings. The van der Waals surface area contributed by atoms with Gasteiger partial charge in [-0.1, -0.05) is 0 Å². The van der Waals surface area contributed by atoms with Gasteiger partial charge in [0, 0.05) is 6.54 Å². The number of nitriles is 1. The molecule has 0 fully saturated rings. The normalized spacial score (nSPS) is 10.7. The van der Waals surface area contributed by atoms with Crippen LogP contribution in [0.3, 0.4) is 0 Å². The number of nitrogens with zero attached hydrogens (tertiary/aromatic N) is 1. The summed E-state index contributed by atoms with van der Waals surface area (Å²) in [6.45, 7) is 3.67. The molecule has 90 valence electrons. The van der Waals surface area contributed by atoms with Gasteiger partial charge in [0.25, 0.3) is 0 Å². The molecule has 0 heterocycles. The van der Waals surface area contributed by atoms with Crippen molar-refractivity contribution in [1.29, 1.82) is 5.26 Å². The molecular formula is C12H14FN3O. The Morgan fingerprint density at radius 2 is 2.24 bits per heavy atom. The molecule has 1 aromatic carbocycles. The number of hydrogen-bond donors (Lipinski definition) is 2. The first-order valence-corrected chi connectivity index (χ1v) is 5.10. The SMILES string of the molecule is CC(C)(CNc1ccc(F)cc1C#N)C(N)=O. The van der Waals surface area contributed by atoms with Crippen LogP contribution < -0.4 is 11.1 Å². The highest BCUT2D eigenvalue weighted by Crippen LogP contribution is 2.20. The smallest absolute Gasteiger partial charge is 0.224 e. The number of amides is 1. The molecule has 0 atom stereocenters. The molecule has 0 spiro atoms. The van der Waals surface area contributed by atoms with E-state index in [0.29, 0.717) is 5.69 Å². The number of rotatable bonds is 4. The van der Waals surface area contributed by atoms with Gasteiger partial charge in [0.1, 0.15) is 11.9 Å². The van der Waals surface area contributed by atoms with E-state index in [4.69, 9.17) is 11.0 Å². The molecule has 4 nitrogen and oxygen atoms in total. The summed E-state index contributed by atoms with van der Waals surface area (Å²) in [7, 11) is 0. The number of nitrogens with two attached hydrogens (primary N) is 1. The lowest BCUT2D eigenvalue weighted by Crippen LogP contribution is -2.37. The standard InChI is InChI=1S/C12H14FN3O/c1-12(2,11(15)17)7-16-10-4-3-9(13)5-8(10)6-14/h3-5,16H,7H2,1-2H3,(H2,15,17). The Morgan fingerprint density at radius 3 is 2.76 bits per heavy atom. The van der Waals surface area contributed by atoms with Gasteiger partial charge in [0.05, 0.1) is 16.7 Å². The summed E-state index contributed by atoms with van der Waals surface area (Å²) in [5, 5.41) is 11.8. The minimum Gasteiger partial charge on any atom is -0.383 e. The number of benzene rings is 1. The number of primary amides is 1. The molecule has 17 heavy (non-hydrogen) atoms. The first-order chi connectivity index (χ1) is 7.86. The van der Waals surface area contributed by atoms with Gasteiger partial charge in [-0.25, -0.2) is 4.39 Å². The van der Waals surface area contributed by atoms with Crippen molar-refractivity contribution in [1.82, 2.24) is 0 Å². The van der Waals surface area contributed by atoms with E-state index in [0.717, 1.165) is 6.07 Å². The minimum absolute atomic E-state index is 0.199. The molecule has 0 aromatic heterocycles. The first kappa shape index (κ1) is 13.0. The van der Waals surface area contributed by atoms with Crippen molar-refractivity contribution in [3.63, 3.8) is 0 Å². The molecule has 0 unspecified atom stereocenters. The summed E-state index contributed by atoms with van der Waals surface area (Å²) in [4.78, 5) is 11.1. The van der Waals surface area contributed by atoms with Gasteiger partial charge >= 0.3 is 0 Å². The molecule has 0 saturated heterocycles. The van der Waals surface area contributed by atoms with Gasteiger partial charge in [-0.05, 0) is 32.0 Å². The van der Waals surface area contributed by atoms with Crippen LogP contribution in [-0.4, -0.2) is 12.5 Å². The molecule has 0 aliphatic heterocycles. The predicted octanol–water partition coefficient (Wildman–Crippen LogP) is 1.62. The average molecular weight is 235 g/mol. The van der Waals surface area contributed by atoms with E-state index in [9.17, 15) is 9.18 Å². The van der Waals surface area contributed by atoms with Crippen molar-refractivity contribution in [2.75, 3.05) is 11.9 Å². The third kappa shape index (κ3) is 3.18. The Hall–Kier alpha value is -2.09. The summed E-state index contributed by atoms with van der Waals surface area (Å²) in [5.74, 6) is -0.910. The quantitative estimate of drug-likeness (QED) is 0.832. The molecule has 0 radical (unpaired) electrons. The Kier molecular flexibility index (Phi) is 3.69. The van der Waals surface area contributed by atoms with Crippen LogP contribution in [-0.2, 0) is 4.79 Å². The summed E-state index contributed by atoms with van der Waals surface area (Å²) >= 11 is 0. The van der Waals surface area contributed by atoms with Crippen LogP contribution >= 0.6 is 0 Å². The van der Waals surface area contributed by atoms with E-state index < -0.39 is 17.1 Å². The number of carbonyl (C=O) groups is 1. The average Bonchev–Trinajstić information content (AvgIpc) is 2.27. The number of hydrogen-bond acceptors (Lipinski definition) is 3. The Balaban J connectivity index is 2.84. The zero-order chi connectivity index (χ0) is 13.1. The van der Waals surface area contributed by atoms with Crippen molar-refractivity contribution in [2.24, 2.45) is 11.1 Å². The van der Waals surface area contributed by atoms with Crippen molar-refractivity contribution in [3.8, 4) is 6.07 Å². The molecule has 1 amide bonds. The van der Waals surface area contributed by atoms with Gasteiger partial charge < -0.3 is 11.1 Å². The van der Waals surface area contributed by atoms with E-state index >= 15 is 0 Å². The van der Waals surface area contributed by atoms with E-state index in [1.165, 1.54) is 12.1 Å². The Labute approximate surface area is 99.2 Å². The van der Waals surface area contributed by atoms with Crippen LogP contribution in [0.15, 0.2) is 18.2 Å². The number of carbonyl (C=O) groups excluding carboxylic acids is 1. The highest BCUT2D eigenvalue weighted by molar-refractivity contribution is 5.80. The van der Waals surface area contributed by atoms with Crippen molar-refractivity contribution in [3.05, 3.63) is 29.6 Å². The second-order valence-electron chi connectivity index (χ2n) is 4.40. The zero-order valence-corrected chi connectivity index (χ0v) is 9.75. The lowest BCUT2D eigenvalue weighted by molar-refractivity contribution is -0.125. The van der Waals surface area contributed by atoms with Gasteiger partial charge in [-0.15, -0.1) is 0 Å². The molecule has 5 heteroatoms. The Bertz CT molecular complexity index is 477. The number of nitrogens with one attached hydrogen (secondary N) is 1. The molecular weight excluding hydrogens is 221 g/mol. The van der Waals surface area contributed by atoms with Gasteiger partial charge in [0.2, 0.25) is 5.91 Å². The van der Waals surface area contributed by atoms with Gasteiger partial charge in [0.15, 0.2) is 0 Å². The van der Waals surface area contributed by atoms with Crippen LogP contribution in [0, 0.1) is 22.6 Å². The third-order valence-corrected chi connectivity index (χ3v) is 2.49. The third-order valence-electron chi connectivity index (χ3n) is 2.49. The molecule has 0 saturated carbocycles. The highest BCUT2D eigenvalue weighted by atomic mass is 19.1. The monoisotopic (exact) mass is 235 g/mol. The van der Waals surface area contributed by atoms with Crippen molar-refractivity contribution < 1.29 is 9.18 Å². The molecule has 0 aliphatic rings. The summed E-state index contributed by atoms with van der Waals surface area (Å²) in [5.41, 5.74) is 5.18. The summed E-state index contributed by atoms with van der Waals surface area (Å²) < 4.78 is 12.9. The fourth-order valence-corrected chi connectivity index (χ4v) is 1.17. The largest absolute Gasteiger partial charge is 0.383 e. The maximum atomic E-state index is 12.9. The number of anilines is 1. The number of halogens is 1. The topological polar surface area (TPSA) is 78.9 Å². The highest BCUT2D eigenvalue weighted by Gasteiger charge is 2.24. The van der Waals surface area contributed by atoms with E-state index in [1.807, 2.05) is 6.07 Å².